The number of rotatable bonds is 4. The zero-order valence-corrected chi connectivity index (χ0v) is 11.4. The Bertz CT molecular complexity index is 503. The zero-order chi connectivity index (χ0) is 11.5. The molecule has 16 heavy (non-hydrogen) atoms. The van der Waals surface area contributed by atoms with Crippen LogP contribution in [0.3, 0.4) is 0 Å². The molecule has 1 aromatic carbocycles. The molecule has 0 aliphatic rings. The average molecular weight is 324 g/mol. The van der Waals surface area contributed by atoms with E-state index in [0.717, 1.165) is 33.9 Å². The van der Waals surface area contributed by atoms with Gasteiger partial charge in [-0.05, 0) is 25.0 Å². The van der Waals surface area contributed by atoms with Gasteiger partial charge in [-0.3, -0.25) is 0 Å². The highest BCUT2D eigenvalue weighted by atomic mass is 79.9. The molecule has 0 saturated carbocycles. The lowest BCUT2D eigenvalue weighted by atomic mass is 10.1. The summed E-state index contributed by atoms with van der Waals surface area (Å²) in [5, 5.41) is 5.15. The number of aromatic nitrogens is 2. The topological polar surface area (TPSA) is 17.8 Å². The second kappa shape index (κ2) is 5.38. The second-order valence-electron chi connectivity index (χ2n) is 3.32. The molecule has 86 valence electrons. The van der Waals surface area contributed by atoms with Crippen molar-refractivity contribution < 1.29 is 3.89 Å². The zero-order valence-electron chi connectivity index (χ0n) is 8.29. The molecule has 0 spiro atoms. The standard InChI is InChI=1S/C10H9BrClFN2S/c11-7-3-1-4-8-10(7)9(5-2-6-12)15(14-8)16-13/h1,3-4H,2,5-6H2. The number of hydrogen-bond acceptors (Lipinski definition) is 2. The summed E-state index contributed by atoms with van der Waals surface area (Å²) in [6.45, 7) is 0. The minimum Gasteiger partial charge on any atom is -0.180 e. The minimum absolute atomic E-state index is 0.122. The molecule has 0 saturated heterocycles. The highest BCUT2D eigenvalue weighted by Gasteiger charge is 2.13. The Labute approximate surface area is 111 Å². The molecule has 0 atom stereocenters. The number of hydrogen-bond donors (Lipinski definition) is 0. The SMILES string of the molecule is FSn1nc2cccc(Br)c2c1CCCCl. The third kappa shape index (κ3) is 2.21. The fraction of sp³-hybridized carbons (Fsp3) is 0.300. The van der Waals surface area contributed by atoms with Crippen LogP contribution >= 0.6 is 39.9 Å². The molecule has 0 aliphatic carbocycles. The number of nitrogens with zero attached hydrogens (tertiary/aromatic N) is 2. The largest absolute Gasteiger partial charge is 0.187 e. The highest BCUT2D eigenvalue weighted by Crippen LogP contribution is 2.30. The second-order valence-corrected chi connectivity index (χ2v) is 5.03. The van der Waals surface area contributed by atoms with Gasteiger partial charge in [0.1, 0.15) is 0 Å². The minimum atomic E-state index is 0.122. The van der Waals surface area contributed by atoms with Crippen LogP contribution in [0.25, 0.3) is 10.9 Å². The van der Waals surface area contributed by atoms with Crippen LogP contribution in [0, 0.1) is 0 Å². The Kier molecular flexibility index (Phi) is 4.10. The van der Waals surface area contributed by atoms with Gasteiger partial charge in [-0.2, -0.15) is 9.19 Å². The van der Waals surface area contributed by atoms with E-state index in [4.69, 9.17) is 11.6 Å². The van der Waals surface area contributed by atoms with Crippen LogP contribution < -0.4 is 0 Å². The first-order valence-corrected chi connectivity index (χ1v) is 6.79. The molecule has 2 rings (SSSR count). The quantitative estimate of drug-likeness (QED) is 0.778. The normalized spacial score (nSPS) is 11.2. The van der Waals surface area contributed by atoms with Gasteiger partial charge in [-0.15, -0.1) is 15.5 Å². The van der Waals surface area contributed by atoms with E-state index in [1.165, 1.54) is 4.09 Å². The molecule has 1 aromatic heterocycles. The first-order valence-electron chi connectivity index (χ1n) is 4.79. The van der Waals surface area contributed by atoms with Gasteiger partial charge in [0.05, 0.1) is 11.2 Å². The van der Waals surface area contributed by atoms with E-state index in [9.17, 15) is 3.89 Å². The molecule has 0 N–H and O–H groups in total. The van der Waals surface area contributed by atoms with Crippen LogP contribution in [0.1, 0.15) is 12.1 Å². The predicted octanol–water partition coefficient (Wildman–Crippen LogP) is 4.35. The summed E-state index contributed by atoms with van der Waals surface area (Å²) in [6.07, 6.45) is 1.53. The van der Waals surface area contributed by atoms with Crippen LogP contribution in [0.2, 0.25) is 0 Å². The van der Waals surface area contributed by atoms with Crippen molar-refractivity contribution in [3.63, 3.8) is 0 Å². The van der Waals surface area contributed by atoms with Crippen molar-refractivity contribution in [2.45, 2.75) is 12.8 Å². The van der Waals surface area contributed by atoms with Crippen molar-refractivity contribution in [2.75, 3.05) is 5.88 Å². The Balaban J connectivity index is 2.56. The van der Waals surface area contributed by atoms with E-state index >= 15 is 0 Å². The summed E-state index contributed by atoms with van der Waals surface area (Å²) in [5.74, 6) is 0.564. The monoisotopic (exact) mass is 322 g/mol. The lowest BCUT2D eigenvalue weighted by molar-refractivity contribution is 0.817. The van der Waals surface area contributed by atoms with E-state index in [0.29, 0.717) is 5.88 Å². The first kappa shape index (κ1) is 12.2. The van der Waals surface area contributed by atoms with E-state index in [2.05, 4.69) is 21.0 Å². The molecular formula is C10H9BrClFN2S. The Morgan fingerprint density at radius 1 is 1.50 bits per heavy atom. The summed E-state index contributed by atoms with van der Waals surface area (Å²) >= 11 is 9.25. The van der Waals surface area contributed by atoms with Gasteiger partial charge in [0, 0.05) is 15.7 Å². The van der Waals surface area contributed by atoms with E-state index in [-0.39, 0.29) is 12.3 Å². The van der Waals surface area contributed by atoms with Gasteiger partial charge in [0.15, 0.2) is 12.3 Å². The predicted molar refractivity (Wildman–Crippen MR) is 70.6 cm³/mol. The number of alkyl halides is 1. The Morgan fingerprint density at radius 3 is 3.00 bits per heavy atom. The van der Waals surface area contributed by atoms with Crippen molar-refractivity contribution in [3.05, 3.63) is 28.4 Å². The summed E-state index contributed by atoms with van der Waals surface area (Å²) in [6, 6.07) is 5.69. The first-order chi connectivity index (χ1) is 7.77. The molecule has 1 heterocycles. The fourth-order valence-electron chi connectivity index (χ4n) is 1.65. The number of halogens is 3. The van der Waals surface area contributed by atoms with Crippen molar-refractivity contribution in [3.8, 4) is 0 Å². The van der Waals surface area contributed by atoms with Crippen LogP contribution in [0.5, 0.6) is 0 Å². The Morgan fingerprint density at radius 2 is 2.31 bits per heavy atom. The molecule has 6 heteroatoms. The van der Waals surface area contributed by atoms with Crippen LogP contribution in [-0.2, 0) is 6.42 Å². The van der Waals surface area contributed by atoms with Crippen LogP contribution in [0.4, 0.5) is 3.89 Å². The van der Waals surface area contributed by atoms with Gasteiger partial charge in [0.25, 0.3) is 0 Å². The number of aryl methyl sites for hydroxylation is 1. The molecule has 0 radical (unpaired) electrons. The molecule has 0 fully saturated rings. The van der Waals surface area contributed by atoms with Gasteiger partial charge in [0.2, 0.25) is 0 Å². The number of fused-ring (bicyclic) bond motifs is 1. The van der Waals surface area contributed by atoms with Gasteiger partial charge in [-0.1, -0.05) is 22.0 Å². The van der Waals surface area contributed by atoms with Gasteiger partial charge >= 0.3 is 0 Å². The van der Waals surface area contributed by atoms with Crippen molar-refractivity contribution in [1.82, 2.24) is 9.19 Å². The molecule has 0 aliphatic heterocycles. The number of benzene rings is 1. The average Bonchev–Trinajstić information content (AvgIpc) is 2.65. The van der Waals surface area contributed by atoms with Crippen LogP contribution in [-0.4, -0.2) is 15.1 Å². The van der Waals surface area contributed by atoms with Crippen molar-refractivity contribution >= 4 is 50.8 Å². The summed E-state index contributed by atoms with van der Waals surface area (Å²) < 4.78 is 15.0. The van der Waals surface area contributed by atoms with Crippen molar-refractivity contribution in [2.24, 2.45) is 0 Å². The van der Waals surface area contributed by atoms with Crippen LogP contribution in [0.15, 0.2) is 22.7 Å². The summed E-state index contributed by atoms with van der Waals surface area (Å²) in [7, 11) is 0. The lowest BCUT2D eigenvalue weighted by Gasteiger charge is -2.01. The molecule has 0 amide bonds. The van der Waals surface area contributed by atoms with Gasteiger partial charge in [-0.25, -0.2) is 0 Å². The molecule has 2 nitrogen and oxygen atoms in total. The van der Waals surface area contributed by atoms with E-state index in [1.807, 2.05) is 18.2 Å². The molecule has 2 aromatic rings. The van der Waals surface area contributed by atoms with Gasteiger partial charge < -0.3 is 0 Å². The maximum Gasteiger partial charge on any atom is 0.187 e. The summed E-state index contributed by atoms with van der Waals surface area (Å²) in [5.41, 5.74) is 1.67. The fourth-order valence-corrected chi connectivity index (χ4v) is 2.75. The Hall–Kier alpha value is -0.260. The molecule has 0 bridgehead atoms. The smallest absolute Gasteiger partial charge is 0.180 e. The third-order valence-electron chi connectivity index (χ3n) is 2.32. The van der Waals surface area contributed by atoms with E-state index < -0.39 is 0 Å². The maximum absolute atomic E-state index is 12.8. The molecular weight excluding hydrogens is 315 g/mol. The maximum atomic E-state index is 12.8. The summed E-state index contributed by atoms with van der Waals surface area (Å²) in [4.78, 5) is 0. The highest BCUT2D eigenvalue weighted by molar-refractivity contribution is 9.10. The van der Waals surface area contributed by atoms with Crippen molar-refractivity contribution in [1.29, 1.82) is 0 Å². The molecule has 0 unspecified atom stereocenters. The van der Waals surface area contributed by atoms with E-state index in [1.54, 1.807) is 0 Å². The lowest BCUT2D eigenvalue weighted by Crippen LogP contribution is -1.96. The third-order valence-corrected chi connectivity index (χ3v) is 3.68.